The average molecular weight is 263 g/mol. The molecule has 1 heterocycles. The van der Waals surface area contributed by atoms with Crippen LogP contribution in [0.25, 0.3) is 0 Å². The highest BCUT2D eigenvalue weighted by molar-refractivity contribution is 5.05. The number of rotatable bonds is 7. The second-order valence-corrected chi connectivity index (χ2v) is 3.85. The number of nitrogens with two attached hydrogens (primary N) is 1. The number of alkyl halides is 3. The summed E-state index contributed by atoms with van der Waals surface area (Å²) in [6.45, 7) is -1.23. The third-order valence-electron chi connectivity index (χ3n) is 2.29. The first-order valence-electron chi connectivity index (χ1n) is 5.52. The zero-order chi connectivity index (χ0) is 13.4. The Kier molecular flexibility index (Phi) is 6.03. The zero-order valence-electron chi connectivity index (χ0n) is 9.78. The highest BCUT2D eigenvalue weighted by Crippen LogP contribution is 2.14. The molecule has 0 radical (unpaired) electrons. The first kappa shape index (κ1) is 14.9. The van der Waals surface area contributed by atoms with Crippen molar-refractivity contribution in [1.29, 1.82) is 0 Å². The first-order chi connectivity index (χ1) is 8.51. The summed E-state index contributed by atoms with van der Waals surface area (Å²) < 4.78 is 40.0. The molecular weight excluding hydrogens is 247 g/mol. The SMILES string of the molecule is NNC(CCOCC(F)(F)F)Cc1ccccn1. The maximum atomic E-state index is 11.8. The number of aromatic nitrogens is 1. The number of hydrazine groups is 1. The largest absolute Gasteiger partial charge is 0.411 e. The van der Waals surface area contributed by atoms with E-state index in [1.165, 1.54) is 0 Å². The van der Waals surface area contributed by atoms with E-state index in [1.54, 1.807) is 12.3 Å². The van der Waals surface area contributed by atoms with E-state index < -0.39 is 12.8 Å². The predicted octanol–water partition coefficient (Wildman–Crippen LogP) is 1.42. The van der Waals surface area contributed by atoms with Gasteiger partial charge in [0.1, 0.15) is 6.61 Å². The van der Waals surface area contributed by atoms with Crippen molar-refractivity contribution in [3.8, 4) is 0 Å². The van der Waals surface area contributed by atoms with Crippen LogP contribution in [0.2, 0.25) is 0 Å². The van der Waals surface area contributed by atoms with Crippen LogP contribution in [0, 0.1) is 0 Å². The van der Waals surface area contributed by atoms with Crippen LogP contribution in [0.1, 0.15) is 12.1 Å². The number of nitrogens with zero attached hydrogens (tertiary/aromatic N) is 1. The minimum Gasteiger partial charge on any atom is -0.372 e. The summed E-state index contributed by atoms with van der Waals surface area (Å²) in [5, 5.41) is 0. The molecule has 1 atom stereocenters. The van der Waals surface area contributed by atoms with Crippen LogP contribution in [-0.4, -0.2) is 30.4 Å². The smallest absolute Gasteiger partial charge is 0.372 e. The second-order valence-electron chi connectivity index (χ2n) is 3.85. The number of pyridine rings is 1. The number of nitrogens with one attached hydrogen (secondary N) is 1. The van der Waals surface area contributed by atoms with Crippen molar-refractivity contribution in [2.24, 2.45) is 5.84 Å². The lowest BCUT2D eigenvalue weighted by Gasteiger charge is -2.15. The summed E-state index contributed by atoms with van der Waals surface area (Å²) in [4.78, 5) is 4.12. The number of hydrogen-bond acceptors (Lipinski definition) is 4. The normalized spacial score (nSPS) is 13.6. The summed E-state index contributed by atoms with van der Waals surface area (Å²) >= 11 is 0. The molecule has 1 aromatic heterocycles. The lowest BCUT2D eigenvalue weighted by atomic mass is 10.1. The van der Waals surface area contributed by atoms with E-state index in [4.69, 9.17) is 5.84 Å². The molecule has 0 aliphatic rings. The van der Waals surface area contributed by atoms with Gasteiger partial charge in [-0.2, -0.15) is 13.2 Å². The number of halogens is 3. The van der Waals surface area contributed by atoms with Gasteiger partial charge >= 0.3 is 6.18 Å². The Balaban J connectivity index is 2.26. The van der Waals surface area contributed by atoms with Gasteiger partial charge in [0.05, 0.1) is 0 Å². The van der Waals surface area contributed by atoms with Crippen LogP contribution in [0.5, 0.6) is 0 Å². The molecule has 1 rings (SSSR count). The van der Waals surface area contributed by atoms with Crippen LogP contribution in [0.4, 0.5) is 13.2 Å². The summed E-state index contributed by atoms with van der Waals surface area (Å²) in [7, 11) is 0. The molecule has 0 amide bonds. The molecule has 4 nitrogen and oxygen atoms in total. The van der Waals surface area contributed by atoms with Gasteiger partial charge in [0, 0.05) is 31.0 Å². The maximum Gasteiger partial charge on any atom is 0.411 e. The molecule has 18 heavy (non-hydrogen) atoms. The van der Waals surface area contributed by atoms with E-state index in [0.717, 1.165) is 5.69 Å². The molecule has 3 N–H and O–H groups in total. The van der Waals surface area contributed by atoms with Crippen molar-refractivity contribution in [3.63, 3.8) is 0 Å². The molecule has 0 aromatic carbocycles. The van der Waals surface area contributed by atoms with Crippen molar-refractivity contribution in [3.05, 3.63) is 30.1 Å². The van der Waals surface area contributed by atoms with E-state index in [0.29, 0.717) is 12.8 Å². The minimum atomic E-state index is -4.29. The Morgan fingerprint density at radius 1 is 1.39 bits per heavy atom. The molecule has 0 bridgehead atoms. The quantitative estimate of drug-likeness (QED) is 0.444. The molecule has 0 saturated carbocycles. The third kappa shape index (κ3) is 6.53. The number of hydrogen-bond donors (Lipinski definition) is 2. The molecule has 1 unspecified atom stereocenters. The van der Waals surface area contributed by atoms with Crippen LogP contribution in [-0.2, 0) is 11.2 Å². The second kappa shape index (κ2) is 7.30. The molecule has 0 saturated heterocycles. The molecule has 1 aromatic rings. The molecule has 0 spiro atoms. The monoisotopic (exact) mass is 263 g/mol. The fourth-order valence-electron chi connectivity index (χ4n) is 1.43. The molecule has 7 heteroatoms. The molecular formula is C11H16F3N3O. The van der Waals surface area contributed by atoms with Crippen LogP contribution in [0.3, 0.4) is 0 Å². The highest BCUT2D eigenvalue weighted by atomic mass is 19.4. The van der Waals surface area contributed by atoms with E-state index in [1.807, 2.05) is 12.1 Å². The summed E-state index contributed by atoms with van der Waals surface area (Å²) in [5.41, 5.74) is 3.38. The van der Waals surface area contributed by atoms with E-state index in [2.05, 4.69) is 15.1 Å². The van der Waals surface area contributed by atoms with Crippen LogP contribution < -0.4 is 11.3 Å². The lowest BCUT2D eigenvalue weighted by Crippen LogP contribution is -2.38. The van der Waals surface area contributed by atoms with Gasteiger partial charge in [0.25, 0.3) is 0 Å². The zero-order valence-corrected chi connectivity index (χ0v) is 9.78. The van der Waals surface area contributed by atoms with Gasteiger partial charge < -0.3 is 4.74 Å². The summed E-state index contributed by atoms with van der Waals surface area (Å²) in [6, 6.07) is 5.31. The predicted molar refractivity (Wildman–Crippen MR) is 60.5 cm³/mol. The Morgan fingerprint density at radius 3 is 2.72 bits per heavy atom. The lowest BCUT2D eigenvalue weighted by molar-refractivity contribution is -0.174. The van der Waals surface area contributed by atoms with Crippen molar-refractivity contribution >= 4 is 0 Å². The third-order valence-corrected chi connectivity index (χ3v) is 2.29. The van der Waals surface area contributed by atoms with E-state index >= 15 is 0 Å². The fourth-order valence-corrected chi connectivity index (χ4v) is 1.43. The summed E-state index contributed by atoms with van der Waals surface area (Å²) in [5.74, 6) is 5.33. The van der Waals surface area contributed by atoms with Gasteiger partial charge in [-0.1, -0.05) is 6.07 Å². The summed E-state index contributed by atoms with van der Waals surface area (Å²) in [6.07, 6.45) is -1.69. The Morgan fingerprint density at radius 2 is 2.17 bits per heavy atom. The van der Waals surface area contributed by atoms with Gasteiger partial charge in [0.2, 0.25) is 0 Å². The standard InChI is InChI=1S/C11H16F3N3O/c12-11(13,14)8-18-6-4-10(17-15)7-9-3-1-2-5-16-9/h1-3,5,10,17H,4,6-8,15H2. The molecule has 0 aliphatic heterocycles. The minimum absolute atomic E-state index is 0.00120. The van der Waals surface area contributed by atoms with Gasteiger partial charge in [-0.15, -0.1) is 0 Å². The van der Waals surface area contributed by atoms with Crippen molar-refractivity contribution < 1.29 is 17.9 Å². The van der Waals surface area contributed by atoms with E-state index in [-0.39, 0.29) is 12.6 Å². The van der Waals surface area contributed by atoms with Crippen LogP contribution >= 0.6 is 0 Å². The van der Waals surface area contributed by atoms with Crippen molar-refractivity contribution in [1.82, 2.24) is 10.4 Å². The van der Waals surface area contributed by atoms with E-state index in [9.17, 15) is 13.2 Å². The topological polar surface area (TPSA) is 60.2 Å². The molecule has 0 fully saturated rings. The van der Waals surface area contributed by atoms with Gasteiger partial charge in [0.15, 0.2) is 0 Å². The number of ether oxygens (including phenoxy) is 1. The Hall–Kier alpha value is -1.18. The van der Waals surface area contributed by atoms with Crippen molar-refractivity contribution in [2.75, 3.05) is 13.2 Å². The van der Waals surface area contributed by atoms with Gasteiger partial charge in [-0.25, -0.2) is 0 Å². The fraction of sp³-hybridized carbons (Fsp3) is 0.545. The maximum absolute atomic E-state index is 11.8. The van der Waals surface area contributed by atoms with Gasteiger partial charge in [-0.05, 0) is 18.6 Å². The average Bonchev–Trinajstić information content (AvgIpc) is 2.33. The Bertz CT molecular complexity index is 332. The van der Waals surface area contributed by atoms with Gasteiger partial charge in [-0.3, -0.25) is 16.3 Å². The van der Waals surface area contributed by atoms with Crippen LogP contribution in [0.15, 0.2) is 24.4 Å². The Labute approximate surface area is 103 Å². The first-order valence-corrected chi connectivity index (χ1v) is 5.52. The molecule has 0 aliphatic carbocycles. The highest BCUT2D eigenvalue weighted by Gasteiger charge is 2.27. The van der Waals surface area contributed by atoms with Crippen molar-refractivity contribution in [2.45, 2.75) is 25.1 Å². The molecule has 102 valence electrons.